The lowest BCUT2D eigenvalue weighted by Crippen LogP contribution is -2.44. The fourth-order valence-electron chi connectivity index (χ4n) is 1.76. The van der Waals surface area contributed by atoms with Crippen LogP contribution in [-0.4, -0.2) is 23.5 Å². The summed E-state index contributed by atoms with van der Waals surface area (Å²) in [6.45, 7) is 9.91. The number of thiophene rings is 1. The van der Waals surface area contributed by atoms with Crippen molar-refractivity contribution in [1.29, 1.82) is 0 Å². The van der Waals surface area contributed by atoms with Crippen LogP contribution in [0.1, 0.15) is 33.4 Å². The van der Waals surface area contributed by atoms with E-state index in [-0.39, 0.29) is 24.0 Å². The van der Waals surface area contributed by atoms with Gasteiger partial charge in [0.1, 0.15) is 12.0 Å². The van der Waals surface area contributed by atoms with Crippen molar-refractivity contribution >= 4 is 41.3 Å². The summed E-state index contributed by atoms with van der Waals surface area (Å²) < 4.78 is 5.51. The topological polar surface area (TPSA) is 62.5 Å². The molecule has 0 aromatic carbocycles. The van der Waals surface area contributed by atoms with E-state index in [1.165, 1.54) is 0 Å². The van der Waals surface area contributed by atoms with Crippen LogP contribution < -0.4 is 10.6 Å². The molecule has 128 valence electrons. The maximum absolute atomic E-state index is 5.51. The van der Waals surface area contributed by atoms with Crippen LogP contribution in [0.15, 0.2) is 33.2 Å². The molecule has 1 unspecified atom stereocenters. The van der Waals surface area contributed by atoms with E-state index in [0.29, 0.717) is 24.4 Å². The average Bonchev–Trinajstić information content (AvgIpc) is 3.15. The van der Waals surface area contributed by atoms with Crippen LogP contribution in [-0.2, 0) is 6.54 Å². The van der Waals surface area contributed by atoms with Gasteiger partial charge >= 0.3 is 0 Å². The standard InChI is InChI=1S/C16H24N4OS.HI/c1-5-17-16(19-12(4)11(2)3)18-9-13-10-21-15(20-13)14-7-6-8-22-14;/h6-8,10-12H,5,9H2,1-4H3,(H2,17,18,19);1H. The van der Waals surface area contributed by atoms with Crippen molar-refractivity contribution in [2.75, 3.05) is 6.54 Å². The fraction of sp³-hybridized carbons (Fsp3) is 0.500. The van der Waals surface area contributed by atoms with E-state index in [4.69, 9.17) is 4.42 Å². The van der Waals surface area contributed by atoms with Crippen LogP contribution in [0.25, 0.3) is 10.8 Å². The molecule has 0 bridgehead atoms. The predicted octanol–water partition coefficient (Wildman–Crippen LogP) is 4.12. The first-order valence-corrected chi connectivity index (χ1v) is 8.51. The van der Waals surface area contributed by atoms with Gasteiger partial charge in [0.2, 0.25) is 5.89 Å². The summed E-state index contributed by atoms with van der Waals surface area (Å²) in [6, 6.07) is 4.35. The molecule has 2 rings (SSSR count). The minimum atomic E-state index is 0. The number of oxazole rings is 1. The summed E-state index contributed by atoms with van der Waals surface area (Å²) >= 11 is 1.62. The minimum absolute atomic E-state index is 0. The van der Waals surface area contributed by atoms with E-state index >= 15 is 0 Å². The molecule has 2 aromatic heterocycles. The molecule has 0 saturated heterocycles. The van der Waals surface area contributed by atoms with Crippen LogP contribution in [0.5, 0.6) is 0 Å². The van der Waals surface area contributed by atoms with E-state index in [9.17, 15) is 0 Å². The van der Waals surface area contributed by atoms with Crippen molar-refractivity contribution in [3.63, 3.8) is 0 Å². The van der Waals surface area contributed by atoms with Gasteiger partial charge in [0.05, 0.1) is 11.4 Å². The highest BCUT2D eigenvalue weighted by molar-refractivity contribution is 14.0. The van der Waals surface area contributed by atoms with Gasteiger partial charge in [-0.25, -0.2) is 9.98 Å². The molecule has 1 atom stereocenters. The fourth-order valence-corrected chi connectivity index (χ4v) is 2.41. The van der Waals surface area contributed by atoms with Crippen LogP contribution in [0, 0.1) is 5.92 Å². The van der Waals surface area contributed by atoms with Crippen LogP contribution in [0.2, 0.25) is 0 Å². The van der Waals surface area contributed by atoms with Crippen LogP contribution in [0.4, 0.5) is 0 Å². The molecule has 0 spiro atoms. The molecular weight excluding hydrogens is 423 g/mol. The number of halogens is 1. The number of guanidine groups is 1. The van der Waals surface area contributed by atoms with Crippen molar-refractivity contribution in [3.05, 3.63) is 29.5 Å². The van der Waals surface area contributed by atoms with Gasteiger partial charge in [-0.2, -0.15) is 0 Å². The lowest BCUT2D eigenvalue weighted by molar-refractivity contribution is 0.481. The molecule has 2 heterocycles. The van der Waals surface area contributed by atoms with E-state index in [2.05, 4.69) is 48.3 Å². The zero-order valence-corrected chi connectivity index (χ0v) is 17.1. The third kappa shape index (κ3) is 6.14. The molecule has 0 aliphatic rings. The highest BCUT2D eigenvalue weighted by Gasteiger charge is 2.10. The molecule has 0 radical (unpaired) electrons. The second kappa shape index (κ2) is 9.92. The van der Waals surface area contributed by atoms with Gasteiger partial charge in [0, 0.05) is 12.6 Å². The van der Waals surface area contributed by atoms with Gasteiger partial charge in [0.15, 0.2) is 5.96 Å². The Kier molecular flexibility index (Phi) is 8.60. The molecule has 2 N–H and O–H groups in total. The predicted molar refractivity (Wildman–Crippen MR) is 107 cm³/mol. The van der Waals surface area contributed by atoms with Gasteiger partial charge < -0.3 is 15.1 Å². The van der Waals surface area contributed by atoms with Crippen molar-refractivity contribution in [2.24, 2.45) is 10.9 Å². The van der Waals surface area contributed by atoms with Crippen molar-refractivity contribution < 1.29 is 4.42 Å². The van der Waals surface area contributed by atoms with Crippen molar-refractivity contribution in [1.82, 2.24) is 15.6 Å². The first-order valence-electron chi connectivity index (χ1n) is 7.63. The van der Waals surface area contributed by atoms with Crippen LogP contribution in [0.3, 0.4) is 0 Å². The Morgan fingerprint density at radius 3 is 2.78 bits per heavy atom. The molecule has 0 saturated carbocycles. The lowest BCUT2D eigenvalue weighted by Gasteiger charge is -2.20. The Bertz CT molecular complexity index is 595. The third-order valence-electron chi connectivity index (χ3n) is 3.39. The Labute approximate surface area is 159 Å². The highest BCUT2D eigenvalue weighted by Crippen LogP contribution is 2.23. The largest absolute Gasteiger partial charge is 0.443 e. The maximum atomic E-state index is 5.51. The van der Waals surface area contributed by atoms with Gasteiger partial charge in [-0.3, -0.25) is 0 Å². The highest BCUT2D eigenvalue weighted by atomic mass is 127. The minimum Gasteiger partial charge on any atom is -0.443 e. The summed E-state index contributed by atoms with van der Waals surface area (Å²) in [6.07, 6.45) is 1.67. The van der Waals surface area contributed by atoms with Gasteiger partial charge in [-0.1, -0.05) is 19.9 Å². The monoisotopic (exact) mass is 448 g/mol. The average molecular weight is 448 g/mol. The Balaban J connectivity index is 0.00000264. The number of aliphatic imine (C=N–C) groups is 1. The number of rotatable bonds is 6. The normalized spacial score (nSPS) is 12.8. The molecule has 7 heteroatoms. The van der Waals surface area contributed by atoms with E-state index in [0.717, 1.165) is 23.1 Å². The van der Waals surface area contributed by atoms with Gasteiger partial charge in [-0.15, -0.1) is 35.3 Å². The molecule has 0 fully saturated rings. The molecule has 0 amide bonds. The summed E-state index contributed by atoms with van der Waals surface area (Å²) in [5, 5.41) is 8.67. The molecular formula is C16H25IN4OS. The third-order valence-corrected chi connectivity index (χ3v) is 4.25. The molecule has 0 aliphatic carbocycles. The molecule has 23 heavy (non-hydrogen) atoms. The first-order chi connectivity index (χ1) is 10.6. The van der Waals surface area contributed by atoms with Crippen LogP contribution >= 0.6 is 35.3 Å². The zero-order valence-electron chi connectivity index (χ0n) is 14.0. The number of nitrogens with zero attached hydrogens (tertiary/aromatic N) is 2. The van der Waals surface area contributed by atoms with Gasteiger partial charge in [-0.05, 0) is 31.2 Å². The van der Waals surface area contributed by atoms with E-state index < -0.39 is 0 Å². The Morgan fingerprint density at radius 2 is 2.17 bits per heavy atom. The first kappa shape index (κ1) is 20.0. The summed E-state index contributed by atoms with van der Waals surface area (Å²) in [4.78, 5) is 10.1. The molecule has 0 aliphatic heterocycles. The second-order valence-corrected chi connectivity index (χ2v) is 6.44. The van der Waals surface area contributed by atoms with Crippen molar-refractivity contribution in [2.45, 2.75) is 40.3 Å². The number of hydrogen-bond donors (Lipinski definition) is 2. The smallest absolute Gasteiger partial charge is 0.236 e. The summed E-state index contributed by atoms with van der Waals surface area (Å²) in [7, 11) is 0. The quantitative estimate of drug-likeness (QED) is 0.397. The lowest BCUT2D eigenvalue weighted by atomic mass is 10.1. The molecule has 2 aromatic rings. The number of aromatic nitrogens is 1. The SMILES string of the molecule is CCNC(=NCc1coc(-c2cccs2)n1)NC(C)C(C)C.I. The maximum Gasteiger partial charge on any atom is 0.236 e. The van der Waals surface area contributed by atoms with Gasteiger partial charge in [0.25, 0.3) is 0 Å². The summed E-state index contributed by atoms with van der Waals surface area (Å²) in [5.41, 5.74) is 0.831. The summed E-state index contributed by atoms with van der Waals surface area (Å²) in [5.74, 6) is 2.01. The van der Waals surface area contributed by atoms with E-state index in [1.54, 1.807) is 17.6 Å². The molecule has 5 nitrogen and oxygen atoms in total. The number of nitrogens with one attached hydrogen (secondary N) is 2. The Hall–Kier alpha value is -1.09. The van der Waals surface area contributed by atoms with Crippen molar-refractivity contribution in [3.8, 4) is 10.8 Å². The Morgan fingerprint density at radius 1 is 1.39 bits per heavy atom. The van der Waals surface area contributed by atoms with E-state index in [1.807, 2.05) is 17.5 Å². The second-order valence-electron chi connectivity index (χ2n) is 5.49. The number of hydrogen-bond acceptors (Lipinski definition) is 4. The zero-order chi connectivity index (χ0) is 15.9.